The molecule has 1 N–H and O–H groups in total. The van der Waals surface area contributed by atoms with Gasteiger partial charge in [0, 0.05) is 19.6 Å². The van der Waals surface area contributed by atoms with E-state index in [2.05, 4.69) is 38.1 Å². The summed E-state index contributed by atoms with van der Waals surface area (Å²) in [6.07, 6.45) is 1.40. The number of carbonyl (C=O) groups is 1. The van der Waals surface area contributed by atoms with E-state index in [0.717, 1.165) is 18.5 Å². The second-order valence-electron chi connectivity index (χ2n) is 7.00. The van der Waals surface area contributed by atoms with Gasteiger partial charge in [0.2, 0.25) is 0 Å². The fourth-order valence-electron chi connectivity index (χ4n) is 3.11. The molecule has 1 aromatic carbocycles. The van der Waals surface area contributed by atoms with Crippen LogP contribution >= 0.6 is 0 Å². The van der Waals surface area contributed by atoms with Crippen molar-refractivity contribution in [3.63, 3.8) is 0 Å². The van der Waals surface area contributed by atoms with Gasteiger partial charge in [-0.3, -0.25) is 4.79 Å². The monoisotopic (exact) mass is 304 g/mol. The number of benzene rings is 1. The fourth-order valence-corrected chi connectivity index (χ4v) is 3.11. The molecule has 1 atom stereocenters. The lowest BCUT2D eigenvalue weighted by atomic mass is 9.91. The van der Waals surface area contributed by atoms with Gasteiger partial charge in [-0.25, -0.2) is 0 Å². The summed E-state index contributed by atoms with van der Waals surface area (Å²) >= 11 is 0. The standard InChI is InChI=1S/C18H28N2O2/c1-14(2)16-8-6-15(7-9-16)12-20-11-5-10-18(22,17(20)21)13-19(3)4/h6-9,14,22H,5,10-13H2,1-4H3/t18-/m0/s1. The first-order valence-electron chi connectivity index (χ1n) is 8.07. The molecule has 122 valence electrons. The molecule has 1 aliphatic heterocycles. The number of hydrogen-bond acceptors (Lipinski definition) is 3. The van der Waals surface area contributed by atoms with Gasteiger partial charge in [-0.05, 0) is 44.0 Å². The third-order valence-corrected chi connectivity index (χ3v) is 4.30. The molecule has 1 saturated heterocycles. The van der Waals surface area contributed by atoms with Crippen molar-refractivity contribution >= 4 is 5.91 Å². The summed E-state index contributed by atoms with van der Waals surface area (Å²) in [7, 11) is 3.77. The number of aliphatic hydroxyl groups is 1. The van der Waals surface area contributed by atoms with Gasteiger partial charge in [-0.2, -0.15) is 0 Å². The van der Waals surface area contributed by atoms with Crippen molar-refractivity contribution in [3.05, 3.63) is 35.4 Å². The SMILES string of the molecule is CC(C)c1ccc(CN2CCC[C@](O)(CN(C)C)C2=O)cc1. The van der Waals surface area contributed by atoms with Crippen LogP contribution in [0.3, 0.4) is 0 Å². The van der Waals surface area contributed by atoms with Crippen molar-refractivity contribution in [2.75, 3.05) is 27.2 Å². The lowest BCUT2D eigenvalue weighted by Gasteiger charge is -2.39. The maximum atomic E-state index is 12.6. The van der Waals surface area contributed by atoms with Crippen LogP contribution in [0.1, 0.15) is 43.7 Å². The van der Waals surface area contributed by atoms with Crippen LogP contribution in [0.2, 0.25) is 0 Å². The highest BCUT2D eigenvalue weighted by atomic mass is 16.3. The maximum Gasteiger partial charge on any atom is 0.256 e. The second kappa shape index (κ2) is 6.80. The van der Waals surface area contributed by atoms with Crippen LogP contribution in [0.4, 0.5) is 0 Å². The first kappa shape index (κ1) is 17.0. The lowest BCUT2D eigenvalue weighted by Crippen LogP contribution is -2.57. The Bertz CT molecular complexity index is 510. The van der Waals surface area contributed by atoms with E-state index in [4.69, 9.17) is 0 Å². The van der Waals surface area contributed by atoms with Gasteiger partial charge in [0.25, 0.3) is 5.91 Å². The van der Waals surface area contributed by atoms with E-state index >= 15 is 0 Å². The average Bonchev–Trinajstić information content (AvgIpc) is 2.44. The normalized spacial score (nSPS) is 22.7. The number of amides is 1. The molecule has 1 heterocycles. The number of likely N-dealkylation sites (N-methyl/N-ethyl adjacent to an activating group) is 1. The van der Waals surface area contributed by atoms with E-state index in [9.17, 15) is 9.90 Å². The molecule has 0 saturated carbocycles. The molecule has 0 unspecified atom stereocenters. The predicted molar refractivity (Wildman–Crippen MR) is 88.7 cm³/mol. The van der Waals surface area contributed by atoms with Crippen LogP contribution < -0.4 is 0 Å². The first-order chi connectivity index (χ1) is 10.3. The quantitative estimate of drug-likeness (QED) is 0.907. The smallest absolute Gasteiger partial charge is 0.256 e. The van der Waals surface area contributed by atoms with Gasteiger partial charge in [-0.15, -0.1) is 0 Å². The zero-order valence-corrected chi connectivity index (χ0v) is 14.2. The molecule has 4 nitrogen and oxygen atoms in total. The molecule has 1 aromatic rings. The van der Waals surface area contributed by atoms with E-state index < -0.39 is 5.60 Å². The fraction of sp³-hybridized carbons (Fsp3) is 0.611. The van der Waals surface area contributed by atoms with E-state index in [1.165, 1.54) is 5.56 Å². The van der Waals surface area contributed by atoms with Gasteiger partial charge in [0.15, 0.2) is 5.60 Å². The molecule has 0 spiro atoms. The molecule has 0 radical (unpaired) electrons. The summed E-state index contributed by atoms with van der Waals surface area (Å²) in [6.45, 7) is 6.02. The topological polar surface area (TPSA) is 43.8 Å². The molecular formula is C18H28N2O2. The van der Waals surface area contributed by atoms with Crippen LogP contribution in [0, 0.1) is 0 Å². The Balaban J connectivity index is 2.07. The highest BCUT2D eigenvalue weighted by Gasteiger charge is 2.42. The average molecular weight is 304 g/mol. The van der Waals surface area contributed by atoms with Crippen molar-refractivity contribution in [1.29, 1.82) is 0 Å². The first-order valence-corrected chi connectivity index (χ1v) is 8.07. The van der Waals surface area contributed by atoms with E-state index in [1.54, 1.807) is 4.90 Å². The van der Waals surface area contributed by atoms with Gasteiger partial charge in [-0.1, -0.05) is 38.1 Å². The Hall–Kier alpha value is -1.39. The summed E-state index contributed by atoms with van der Waals surface area (Å²) < 4.78 is 0. The molecular weight excluding hydrogens is 276 g/mol. The Morgan fingerprint density at radius 3 is 2.45 bits per heavy atom. The minimum atomic E-state index is -1.24. The van der Waals surface area contributed by atoms with E-state index in [1.807, 2.05) is 19.0 Å². The van der Waals surface area contributed by atoms with E-state index in [0.29, 0.717) is 25.4 Å². The van der Waals surface area contributed by atoms with Crippen LogP contribution in [-0.2, 0) is 11.3 Å². The van der Waals surface area contributed by atoms with Crippen molar-refractivity contribution in [2.24, 2.45) is 0 Å². The molecule has 2 rings (SSSR count). The molecule has 1 amide bonds. The predicted octanol–water partition coefficient (Wildman–Crippen LogP) is 2.23. The minimum Gasteiger partial charge on any atom is -0.379 e. The van der Waals surface area contributed by atoms with E-state index in [-0.39, 0.29) is 5.91 Å². The molecule has 22 heavy (non-hydrogen) atoms. The third-order valence-electron chi connectivity index (χ3n) is 4.30. The highest BCUT2D eigenvalue weighted by molar-refractivity contribution is 5.86. The second-order valence-corrected chi connectivity index (χ2v) is 7.00. The summed E-state index contributed by atoms with van der Waals surface area (Å²) in [4.78, 5) is 16.3. The summed E-state index contributed by atoms with van der Waals surface area (Å²) in [6, 6.07) is 8.42. The van der Waals surface area contributed by atoms with Crippen molar-refractivity contribution in [3.8, 4) is 0 Å². The molecule has 0 aliphatic carbocycles. The Kier molecular flexibility index (Phi) is 5.24. The minimum absolute atomic E-state index is 0.139. The van der Waals surface area contributed by atoms with Gasteiger partial charge >= 0.3 is 0 Å². The van der Waals surface area contributed by atoms with Crippen molar-refractivity contribution in [2.45, 2.75) is 44.8 Å². The molecule has 4 heteroatoms. The van der Waals surface area contributed by atoms with Crippen LogP contribution in [0.5, 0.6) is 0 Å². The highest BCUT2D eigenvalue weighted by Crippen LogP contribution is 2.25. The third kappa shape index (κ3) is 3.87. The summed E-state index contributed by atoms with van der Waals surface area (Å²) in [5.74, 6) is 0.372. The van der Waals surface area contributed by atoms with Crippen LogP contribution in [-0.4, -0.2) is 53.6 Å². The number of likely N-dealkylation sites (tertiary alicyclic amines) is 1. The number of hydrogen-bond donors (Lipinski definition) is 1. The van der Waals surface area contributed by atoms with Gasteiger partial charge < -0.3 is 14.9 Å². The number of rotatable bonds is 5. The largest absolute Gasteiger partial charge is 0.379 e. The Labute approximate surface area is 133 Å². The molecule has 1 fully saturated rings. The maximum absolute atomic E-state index is 12.6. The number of nitrogens with zero attached hydrogens (tertiary/aromatic N) is 2. The summed E-state index contributed by atoms with van der Waals surface area (Å²) in [5.41, 5.74) is 1.18. The number of carbonyl (C=O) groups excluding carboxylic acids is 1. The van der Waals surface area contributed by atoms with Crippen LogP contribution in [0.15, 0.2) is 24.3 Å². The molecule has 0 bridgehead atoms. The summed E-state index contributed by atoms with van der Waals surface area (Å²) in [5, 5.41) is 10.6. The van der Waals surface area contributed by atoms with Gasteiger partial charge in [0.05, 0.1) is 0 Å². The zero-order valence-electron chi connectivity index (χ0n) is 14.2. The van der Waals surface area contributed by atoms with Crippen molar-refractivity contribution < 1.29 is 9.90 Å². The lowest BCUT2D eigenvalue weighted by molar-refractivity contribution is -0.159. The Morgan fingerprint density at radius 1 is 1.27 bits per heavy atom. The van der Waals surface area contributed by atoms with Crippen molar-refractivity contribution in [1.82, 2.24) is 9.80 Å². The zero-order chi connectivity index (χ0) is 16.3. The Morgan fingerprint density at radius 2 is 1.91 bits per heavy atom. The number of piperidine rings is 1. The van der Waals surface area contributed by atoms with Gasteiger partial charge in [0.1, 0.15) is 0 Å². The molecule has 1 aliphatic rings. The molecule has 0 aromatic heterocycles. The van der Waals surface area contributed by atoms with Crippen LogP contribution in [0.25, 0.3) is 0 Å².